The molecule has 2 aromatic rings. The molecular weight excluding hydrogens is 629 g/mol. The van der Waals surface area contributed by atoms with E-state index in [1.807, 2.05) is 0 Å². The molecule has 6 rings (SSSR count). The van der Waals surface area contributed by atoms with Crippen LogP contribution in [0.4, 0.5) is 14.9 Å². The van der Waals surface area contributed by atoms with Gasteiger partial charge in [0.2, 0.25) is 11.3 Å². The number of hydrogen-bond donors (Lipinski definition) is 1. The minimum atomic E-state index is -1.59. The Kier molecular flexibility index (Phi) is 11.0. The predicted molar refractivity (Wildman–Crippen MR) is 144 cm³/mol. The van der Waals surface area contributed by atoms with E-state index in [4.69, 9.17) is 4.74 Å². The Labute approximate surface area is 306 Å². The number of carboxylic acids is 2. The van der Waals surface area contributed by atoms with Gasteiger partial charge in [0.25, 0.3) is 0 Å². The molecule has 17 heteroatoms. The van der Waals surface area contributed by atoms with E-state index in [9.17, 15) is 39.4 Å². The van der Waals surface area contributed by atoms with Gasteiger partial charge in [-0.2, -0.15) is 0 Å². The van der Waals surface area contributed by atoms with Crippen LogP contribution in [0.1, 0.15) is 43.1 Å². The maximum atomic E-state index is 15.3. The van der Waals surface area contributed by atoms with E-state index >= 15 is 4.39 Å². The average molecular weight is 659 g/mol. The van der Waals surface area contributed by atoms with Gasteiger partial charge in [-0.25, -0.2) is 14.0 Å². The fourth-order valence-corrected chi connectivity index (χ4v) is 6.64. The van der Waals surface area contributed by atoms with Gasteiger partial charge in [-0.05, 0) is 37.5 Å². The van der Waals surface area contributed by atoms with Gasteiger partial charge >= 0.3 is 71.2 Å². The SMILES string of the molecule is C[C@@H](O[O-])[C@@H]1C(=O)N2C(C(=O)[O-])=C(COC(=O)N3CCN(c4cc5c(cc4F)c(=O)c(C(=O)O)cn5C4CC4)CC3)[C@H](C)[C@H]12.[Na+].[Na+]. The molecule has 3 aliphatic heterocycles. The van der Waals surface area contributed by atoms with E-state index < -0.39 is 71.3 Å². The first kappa shape index (κ1) is 36.3. The molecule has 1 N–H and O–H groups in total. The van der Waals surface area contributed by atoms with Gasteiger partial charge in [-0.1, -0.05) is 6.92 Å². The zero-order valence-electron chi connectivity index (χ0n) is 25.9. The molecule has 0 radical (unpaired) electrons. The maximum Gasteiger partial charge on any atom is 1.00 e. The second-order valence-electron chi connectivity index (χ2n) is 11.6. The number of ether oxygens (including phenoxy) is 1. The largest absolute Gasteiger partial charge is 1.00 e. The fourth-order valence-electron chi connectivity index (χ4n) is 6.64. The third-order valence-electron chi connectivity index (χ3n) is 9.15. The number of carboxylic acid groups (broad SMARTS) is 2. The van der Waals surface area contributed by atoms with Crippen LogP contribution in [0, 0.1) is 17.7 Å². The van der Waals surface area contributed by atoms with Crippen molar-refractivity contribution in [2.45, 2.75) is 44.9 Å². The third kappa shape index (κ3) is 6.12. The molecule has 4 aliphatic rings. The molecule has 234 valence electrons. The summed E-state index contributed by atoms with van der Waals surface area (Å²) in [5.74, 6) is -5.58. The minimum absolute atomic E-state index is 0. The molecule has 1 aliphatic carbocycles. The van der Waals surface area contributed by atoms with Gasteiger partial charge in [0, 0.05) is 49.7 Å². The van der Waals surface area contributed by atoms with Crippen LogP contribution in [0.15, 0.2) is 34.4 Å². The second-order valence-corrected chi connectivity index (χ2v) is 11.6. The van der Waals surface area contributed by atoms with Crippen molar-refractivity contribution < 1.29 is 108 Å². The van der Waals surface area contributed by atoms with Gasteiger partial charge in [0.1, 0.15) is 18.0 Å². The molecule has 14 nitrogen and oxygen atoms in total. The Morgan fingerprint density at radius 3 is 2.33 bits per heavy atom. The first-order valence-electron chi connectivity index (χ1n) is 14.3. The van der Waals surface area contributed by atoms with Crippen LogP contribution in [0.25, 0.3) is 10.9 Å². The normalized spacial score (nSPS) is 22.9. The molecule has 3 fully saturated rings. The number of piperazine rings is 1. The van der Waals surface area contributed by atoms with E-state index in [0.29, 0.717) is 5.52 Å². The first-order chi connectivity index (χ1) is 20.9. The van der Waals surface area contributed by atoms with Crippen molar-refractivity contribution in [1.82, 2.24) is 14.4 Å². The molecular formula is C29H29FN4Na2O10. The molecule has 1 aromatic heterocycles. The molecule has 2 saturated heterocycles. The van der Waals surface area contributed by atoms with Gasteiger partial charge in [-0.15, -0.1) is 0 Å². The summed E-state index contributed by atoms with van der Waals surface area (Å²) in [7, 11) is 0. The molecule has 0 spiro atoms. The quantitative estimate of drug-likeness (QED) is 0.123. The van der Waals surface area contributed by atoms with E-state index in [1.54, 1.807) is 16.4 Å². The molecule has 4 heterocycles. The van der Waals surface area contributed by atoms with Crippen LogP contribution < -0.4 is 79.8 Å². The molecule has 0 unspecified atom stereocenters. The number of halogens is 1. The number of carbonyl (C=O) groups excluding carboxylic acids is 3. The number of β-lactam (4-membered cyclic amide) rings is 1. The number of aromatic nitrogens is 1. The van der Waals surface area contributed by atoms with Gasteiger partial charge in [0.15, 0.2) is 0 Å². The number of pyridine rings is 1. The van der Waals surface area contributed by atoms with Crippen molar-refractivity contribution in [2.24, 2.45) is 11.8 Å². The second kappa shape index (κ2) is 13.9. The molecule has 0 bridgehead atoms. The van der Waals surface area contributed by atoms with Crippen molar-refractivity contribution in [1.29, 1.82) is 0 Å². The van der Waals surface area contributed by atoms with Crippen LogP contribution in [-0.4, -0.2) is 88.3 Å². The summed E-state index contributed by atoms with van der Waals surface area (Å²) < 4.78 is 22.4. The topological polar surface area (TPSA) is 185 Å². The zero-order chi connectivity index (χ0) is 31.6. The smallest absolute Gasteiger partial charge is 0.723 e. The third-order valence-corrected chi connectivity index (χ3v) is 9.15. The van der Waals surface area contributed by atoms with Crippen LogP contribution in [0.2, 0.25) is 0 Å². The van der Waals surface area contributed by atoms with Crippen molar-refractivity contribution in [3.8, 4) is 0 Å². The monoisotopic (exact) mass is 658 g/mol. The summed E-state index contributed by atoms with van der Waals surface area (Å²) in [4.78, 5) is 70.0. The number of benzene rings is 1. The number of amides is 2. The summed E-state index contributed by atoms with van der Waals surface area (Å²) in [6, 6.07) is 2.00. The van der Waals surface area contributed by atoms with Crippen molar-refractivity contribution in [3.05, 3.63) is 51.2 Å². The standard InChI is InChI=1S/C29H31FN4O10.2Na/c1-13-18(24(28(39)40)34-23(13)22(26(34)36)14(2)44-42)12-43-29(41)32-7-5-31(6-8-32)21-10-20-16(9-19(21)30)25(35)17(27(37)38)11-33(20)15-3-4-15;;/h9-11,13-15,22-23,42H,3-8,12H2,1-2H3,(H,37,38)(H,39,40);;/q;2*+1/p-2/t13-,14+,22-,23+;;/m0../s1. The van der Waals surface area contributed by atoms with Crippen LogP contribution in [0.5, 0.6) is 0 Å². The predicted octanol–water partition coefficient (Wildman–Crippen LogP) is -6.40. The van der Waals surface area contributed by atoms with Crippen LogP contribution in [0.3, 0.4) is 0 Å². The van der Waals surface area contributed by atoms with Crippen molar-refractivity contribution in [3.63, 3.8) is 0 Å². The number of aromatic carboxylic acids is 1. The Morgan fingerprint density at radius 1 is 1.11 bits per heavy atom. The summed E-state index contributed by atoms with van der Waals surface area (Å²) in [6.45, 7) is 3.45. The molecule has 46 heavy (non-hydrogen) atoms. The Morgan fingerprint density at radius 2 is 1.76 bits per heavy atom. The van der Waals surface area contributed by atoms with E-state index in [0.717, 1.165) is 23.8 Å². The summed E-state index contributed by atoms with van der Waals surface area (Å²) in [5.41, 5.74) is -0.696. The molecule has 2 amide bonds. The Hall–Kier alpha value is -2.50. The number of nitrogens with zero attached hydrogens (tertiary/aromatic N) is 4. The number of aliphatic carboxylic acids is 1. The maximum absolute atomic E-state index is 15.3. The number of hydrogen-bond acceptors (Lipinski definition) is 10. The zero-order valence-corrected chi connectivity index (χ0v) is 29.9. The van der Waals surface area contributed by atoms with Crippen molar-refractivity contribution in [2.75, 3.05) is 37.7 Å². The van der Waals surface area contributed by atoms with E-state index in [1.165, 1.54) is 24.1 Å². The minimum Gasteiger partial charge on any atom is -0.723 e. The van der Waals surface area contributed by atoms with E-state index in [2.05, 4.69) is 4.89 Å². The average Bonchev–Trinajstić information content (AvgIpc) is 3.80. The number of carbonyl (C=O) groups is 4. The number of rotatable bonds is 8. The molecule has 1 saturated carbocycles. The van der Waals surface area contributed by atoms with Gasteiger partial charge in [-0.3, -0.25) is 9.59 Å². The summed E-state index contributed by atoms with van der Waals surface area (Å²) >= 11 is 0. The molecule has 4 atom stereocenters. The number of anilines is 1. The summed E-state index contributed by atoms with van der Waals surface area (Å²) in [5, 5.41) is 32.3. The molecule has 1 aromatic carbocycles. The summed E-state index contributed by atoms with van der Waals surface area (Å²) in [6.07, 6.45) is 1.24. The van der Waals surface area contributed by atoms with Crippen LogP contribution >= 0.6 is 0 Å². The Bertz CT molecular complexity index is 1690. The first-order valence-corrected chi connectivity index (χ1v) is 14.3. The fraction of sp³-hybridized carbons (Fsp3) is 0.483. The van der Waals surface area contributed by atoms with Gasteiger partial charge in [0.05, 0.1) is 40.9 Å². The van der Waals surface area contributed by atoms with E-state index in [-0.39, 0.29) is 114 Å². The van der Waals surface area contributed by atoms with Crippen LogP contribution in [-0.2, 0) is 19.2 Å². The van der Waals surface area contributed by atoms with Gasteiger partial charge < -0.3 is 49.2 Å². The number of fused-ring (bicyclic) bond motifs is 2. The Balaban J connectivity index is 0.00000240. The van der Waals surface area contributed by atoms with Crippen molar-refractivity contribution >= 4 is 40.5 Å².